The molecule has 0 saturated heterocycles. The SMILES string of the molecule is Cc1cc(C(=O)O)cc(S(=O)(=O)N(C)Cc2nnc3n2CCC3)c1C. The fraction of sp³-hybridized carbons (Fsp3) is 0.438. The number of aromatic carboxylic acids is 1. The third-order valence-electron chi connectivity index (χ3n) is 4.61. The smallest absolute Gasteiger partial charge is 0.335 e. The van der Waals surface area contributed by atoms with E-state index in [1.165, 1.54) is 23.5 Å². The quantitative estimate of drug-likeness (QED) is 0.859. The van der Waals surface area contributed by atoms with E-state index in [9.17, 15) is 18.3 Å². The number of fused-ring (bicyclic) bond motifs is 1. The largest absolute Gasteiger partial charge is 0.478 e. The molecule has 8 nitrogen and oxygen atoms in total. The van der Waals surface area contributed by atoms with Crippen molar-refractivity contribution in [3.63, 3.8) is 0 Å². The van der Waals surface area contributed by atoms with Gasteiger partial charge < -0.3 is 9.67 Å². The highest BCUT2D eigenvalue weighted by Crippen LogP contribution is 2.25. The van der Waals surface area contributed by atoms with Crippen molar-refractivity contribution in [1.82, 2.24) is 19.1 Å². The van der Waals surface area contributed by atoms with Crippen LogP contribution in [0.5, 0.6) is 0 Å². The predicted octanol–water partition coefficient (Wildman–Crippen LogP) is 1.36. The Morgan fingerprint density at radius 2 is 2.04 bits per heavy atom. The van der Waals surface area contributed by atoms with Gasteiger partial charge in [-0.2, -0.15) is 4.31 Å². The van der Waals surface area contributed by atoms with Gasteiger partial charge in [0.25, 0.3) is 0 Å². The number of hydrogen-bond donors (Lipinski definition) is 1. The molecule has 0 spiro atoms. The fourth-order valence-corrected chi connectivity index (χ4v) is 4.44. The molecule has 0 bridgehead atoms. The lowest BCUT2D eigenvalue weighted by atomic mass is 10.1. The van der Waals surface area contributed by atoms with E-state index in [1.807, 2.05) is 4.57 Å². The molecule has 134 valence electrons. The first-order valence-corrected chi connectivity index (χ1v) is 9.37. The summed E-state index contributed by atoms with van der Waals surface area (Å²) in [6.45, 7) is 4.26. The highest BCUT2D eigenvalue weighted by Gasteiger charge is 2.28. The number of sulfonamides is 1. The second-order valence-electron chi connectivity index (χ2n) is 6.27. The van der Waals surface area contributed by atoms with Gasteiger partial charge in [-0.1, -0.05) is 0 Å². The second-order valence-corrected chi connectivity index (χ2v) is 8.28. The normalized spacial score (nSPS) is 14.1. The minimum atomic E-state index is -3.85. The maximum Gasteiger partial charge on any atom is 0.335 e. The summed E-state index contributed by atoms with van der Waals surface area (Å²) in [6, 6.07) is 2.69. The van der Waals surface area contributed by atoms with Crippen LogP contribution in [0.15, 0.2) is 17.0 Å². The third-order valence-corrected chi connectivity index (χ3v) is 6.53. The molecule has 2 heterocycles. The number of nitrogens with zero attached hydrogens (tertiary/aromatic N) is 4. The standard InChI is InChI=1S/C16H20N4O4S/c1-10-7-12(16(21)22)8-13(11(10)2)25(23,24)19(3)9-15-18-17-14-5-4-6-20(14)15/h7-8H,4-6,9H2,1-3H3,(H,21,22). The maximum absolute atomic E-state index is 13.0. The van der Waals surface area contributed by atoms with Gasteiger partial charge in [-0.15, -0.1) is 10.2 Å². The first kappa shape index (κ1) is 17.6. The number of carbonyl (C=O) groups is 1. The lowest BCUT2D eigenvalue weighted by Crippen LogP contribution is -2.29. The Morgan fingerprint density at radius 3 is 2.72 bits per heavy atom. The summed E-state index contributed by atoms with van der Waals surface area (Å²) in [5, 5.41) is 17.4. The predicted molar refractivity (Wildman–Crippen MR) is 89.9 cm³/mol. The van der Waals surface area contributed by atoms with Crippen LogP contribution in [0.25, 0.3) is 0 Å². The van der Waals surface area contributed by atoms with Crippen molar-refractivity contribution in [3.8, 4) is 0 Å². The number of hydrogen-bond acceptors (Lipinski definition) is 5. The Hall–Kier alpha value is -2.26. The van der Waals surface area contributed by atoms with Gasteiger partial charge in [-0.05, 0) is 43.5 Å². The molecule has 2 aromatic rings. The zero-order chi connectivity index (χ0) is 18.4. The average Bonchev–Trinajstić information content (AvgIpc) is 3.14. The summed E-state index contributed by atoms with van der Waals surface area (Å²) in [7, 11) is -2.39. The van der Waals surface area contributed by atoms with Crippen LogP contribution in [0.2, 0.25) is 0 Å². The Kier molecular flexibility index (Phi) is 4.38. The molecule has 0 aliphatic carbocycles. The van der Waals surface area contributed by atoms with Crippen LogP contribution in [0.3, 0.4) is 0 Å². The molecular formula is C16H20N4O4S. The minimum Gasteiger partial charge on any atom is -0.478 e. The van der Waals surface area contributed by atoms with E-state index in [2.05, 4.69) is 10.2 Å². The van der Waals surface area contributed by atoms with Crippen molar-refractivity contribution in [1.29, 1.82) is 0 Å². The molecule has 0 unspecified atom stereocenters. The lowest BCUT2D eigenvalue weighted by Gasteiger charge is -2.19. The van der Waals surface area contributed by atoms with E-state index in [-0.39, 0.29) is 17.0 Å². The van der Waals surface area contributed by atoms with Crippen molar-refractivity contribution in [3.05, 3.63) is 40.5 Å². The molecule has 1 aliphatic heterocycles. The van der Waals surface area contributed by atoms with Gasteiger partial charge in [0.15, 0.2) is 0 Å². The van der Waals surface area contributed by atoms with Crippen molar-refractivity contribution >= 4 is 16.0 Å². The van der Waals surface area contributed by atoms with E-state index in [4.69, 9.17) is 0 Å². The van der Waals surface area contributed by atoms with Crippen molar-refractivity contribution < 1.29 is 18.3 Å². The summed E-state index contributed by atoms with van der Waals surface area (Å²) < 4.78 is 29.1. The molecule has 25 heavy (non-hydrogen) atoms. The highest BCUT2D eigenvalue weighted by molar-refractivity contribution is 7.89. The molecule has 0 fully saturated rings. The minimum absolute atomic E-state index is 0.00793. The van der Waals surface area contributed by atoms with E-state index in [0.717, 1.165) is 25.2 Å². The molecule has 0 amide bonds. The summed E-state index contributed by atoms with van der Waals surface area (Å²) in [4.78, 5) is 11.3. The van der Waals surface area contributed by atoms with Crippen molar-refractivity contribution in [2.24, 2.45) is 0 Å². The zero-order valence-electron chi connectivity index (χ0n) is 14.4. The monoisotopic (exact) mass is 364 g/mol. The van der Waals surface area contributed by atoms with Gasteiger partial charge in [0.05, 0.1) is 17.0 Å². The molecule has 3 rings (SSSR count). The van der Waals surface area contributed by atoms with Gasteiger partial charge in [0.1, 0.15) is 11.6 Å². The van der Waals surface area contributed by atoms with Crippen LogP contribution in [-0.2, 0) is 29.5 Å². The summed E-state index contributed by atoms with van der Waals surface area (Å²) >= 11 is 0. The molecule has 0 atom stereocenters. The molecule has 1 aliphatic rings. The molecule has 1 aromatic heterocycles. The van der Waals surface area contributed by atoms with Crippen LogP contribution in [0.4, 0.5) is 0 Å². The first-order chi connectivity index (χ1) is 11.7. The number of aromatic nitrogens is 3. The highest BCUT2D eigenvalue weighted by atomic mass is 32.2. The van der Waals surface area contributed by atoms with E-state index >= 15 is 0 Å². The summed E-state index contributed by atoms with van der Waals surface area (Å²) in [5.74, 6) is 0.320. The van der Waals surface area contributed by atoms with Crippen molar-refractivity contribution in [2.45, 2.75) is 44.7 Å². The van der Waals surface area contributed by atoms with Gasteiger partial charge in [-0.3, -0.25) is 0 Å². The van der Waals surface area contributed by atoms with E-state index < -0.39 is 16.0 Å². The Balaban J connectivity index is 1.97. The fourth-order valence-electron chi connectivity index (χ4n) is 3.00. The van der Waals surface area contributed by atoms with Crippen LogP contribution < -0.4 is 0 Å². The number of carboxylic acids is 1. The summed E-state index contributed by atoms with van der Waals surface area (Å²) in [5.41, 5.74) is 1.12. The Labute approximate surface area is 146 Å². The zero-order valence-corrected chi connectivity index (χ0v) is 15.2. The number of benzene rings is 1. The second kappa shape index (κ2) is 6.23. The lowest BCUT2D eigenvalue weighted by molar-refractivity contribution is 0.0696. The van der Waals surface area contributed by atoms with Gasteiger partial charge in [0.2, 0.25) is 10.0 Å². The average molecular weight is 364 g/mol. The molecule has 1 aromatic carbocycles. The topological polar surface area (TPSA) is 105 Å². The van der Waals surface area contributed by atoms with Crippen molar-refractivity contribution in [2.75, 3.05) is 7.05 Å². The molecule has 0 radical (unpaired) electrons. The summed E-state index contributed by atoms with van der Waals surface area (Å²) in [6.07, 6.45) is 1.83. The number of aryl methyl sites for hydroxylation is 2. The number of carboxylic acid groups (broad SMARTS) is 1. The van der Waals surface area contributed by atoms with E-state index in [0.29, 0.717) is 17.0 Å². The molecule has 1 N–H and O–H groups in total. The third kappa shape index (κ3) is 3.05. The van der Waals surface area contributed by atoms with Gasteiger partial charge in [0, 0.05) is 20.0 Å². The molecule has 0 saturated carbocycles. The van der Waals surface area contributed by atoms with Crippen LogP contribution >= 0.6 is 0 Å². The van der Waals surface area contributed by atoms with Crippen LogP contribution in [0, 0.1) is 13.8 Å². The first-order valence-electron chi connectivity index (χ1n) is 7.93. The molecular weight excluding hydrogens is 344 g/mol. The molecule has 9 heteroatoms. The van der Waals surface area contributed by atoms with E-state index in [1.54, 1.807) is 13.8 Å². The van der Waals surface area contributed by atoms with Crippen LogP contribution in [-0.4, -0.2) is 45.6 Å². The maximum atomic E-state index is 13.0. The van der Waals surface area contributed by atoms with Gasteiger partial charge in [-0.25, -0.2) is 13.2 Å². The Morgan fingerprint density at radius 1 is 1.32 bits per heavy atom. The van der Waals surface area contributed by atoms with Gasteiger partial charge >= 0.3 is 5.97 Å². The number of rotatable bonds is 5. The van der Waals surface area contributed by atoms with Crippen LogP contribution in [0.1, 0.15) is 39.6 Å². The Bertz CT molecular complexity index is 949.